The first-order chi connectivity index (χ1) is 13.2. The maximum absolute atomic E-state index is 5.99. The monoisotopic (exact) mass is 361 g/mol. The number of aliphatic imine (C=N–C) groups is 1. The van der Waals surface area contributed by atoms with Gasteiger partial charge in [-0.05, 0) is 61.6 Å². The second-order valence-corrected chi connectivity index (χ2v) is 6.57. The van der Waals surface area contributed by atoms with Gasteiger partial charge in [0.2, 0.25) is 0 Å². The fourth-order valence-corrected chi connectivity index (χ4v) is 2.93. The number of anilines is 1. The zero-order valence-electron chi connectivity index (χ0n) is 16.0. The van der Waals surface area contributed by atoms with Crippen LogP contribution in [0.25, 0.3) is 5.69 Å². The molecule has 0 amide bonds. The molecule has 3 aromatic rings. The molecule has 5 heteroatoms. The molecule has 0 bridgehead atoms. The van der Waals surface area contributed by atoms with Crippen molar-refractivity contribution in [2.24, 2.45) is 10.7 Å². The molecule has 0 aliphatic carbocycles. The van der Waals surface area contributed by atoms with Crippen LogP contribution in [0.15, 0.2) is 65.8 Å². The Morgan fingerprint density at radius 1 is 1.11 bits per heavy atom. The van der Waals surface area contributed by atoms with Gasteiger partial charge in [-0.15, -0.1) is 0 Å². The molecule has 1 aromatic heterocycles. The Balaban J connectivity index is 1.50. The molecular formula is C22H27N5. The molecule has 0 saturated carbocycles. The molecular weight excluding hydrogens is 334 g/mol. The van der Waals surface area contributed by atoms with E-state index in [0.717, 1.165) is 36.3 Å². The second-order valence-electron chi connectivity index (χ2n) is 6.57. The van der Waals surface area contributed by atoms with E-state index >= 15 is 0 Å². The Kier molecular flexibility index (Phi) is 6.26. The van der Waals surface area contributed by atoms with Crippen LogP contribution in [0.5, 0.6) is 0 Å². The van der Waals surface area contributed by atoms with Crippen LogP contribution in [0.4, 0.5) is 5.69 Å². The van der Waals surface area contributed by atoms with Crippen molar-refractivity contribution in [1.29, 1.82) is 0 Å². The van der Waals surface area contributed by atoms with E-state index in [1.165, 1.54) is 11.1 Å². The molecule has 2 aromatic carbocycles. The standard InChI is InChI=1S/C22H27N5/c1-3-18-11-13-20(14-12-18)25-22(23)24-15-7-8-19-16-27(26-17(19)2)21-9-5-4-6-10-21/h4-6,9-14,16H,3,7-8,15H2,1-2H3,(H3,23,24,25). The van der Waals surface area contributed by atoms with Crippen molar-refractivity contribution in [1.82, 2.24) is 9.78 Å². The van der Waals surface area contributed by atoms with E-state index in [4.69, 9.17) is 5.73 Å². The minimum atomic E-state index is 0.455. The lowest BCUT2D eigenvalue weighted by atomic mass is 10.1. The number of benzene rings is 2. The normalized spacial score (nSPS) is 11.6. The van der Waals surface area contributed by atoms with Gasteiger partial charge in [0.15, 0.2) is 5.96 Å². The summed E-state index contributed by atoms with van der Waals surface area (Å²) in [6, 6.07) is 18.4. The Morgan fingerprint density at radius 3 is 2.56 bits per heavy atom. The van der Waals surface area contributed by atoms with Gasteiger partial charge in [0.25, 0.3) is 0 Å². The summed E-state index contributed by atoms with van der Waals surface area (Å²) >= 11 is 0. The van der Waals surface area contributed by atoms with Gasteiger partial charge < -0.3 is 11.1 Å². The van der Waals surface area contributed by atoms with Gasteiger partial charge in [0.05, 0.1) is 11.4 Å². The molecule has 0 radical (unpaired) electrons. The van der Waals surface area contributed by atoms with Gasteiger partial charge in [-0.3, -0.25) is 4.99 Å². The molecule has 0 aliphatic rings. The lowest BCUT2D eigenvalue weighted by Crippen LogP contribution is -2.22. The Morgan fingerprint density at radius 2 is 1.85 bits per heavy atom. The summed E-state index contributed by atoms with van der Waals surface area (Å²) in [7, 11) is 0. The summed E-state index contributed by atoms with van der Waals surface area (Å²) in [5, 5.41) is 7.75. The zero-order chi connectivity index (χ0) is 19.1. The second kappa shape index (κ2) is 9.03. The molecule has 0 aliphatic heterocycles. The fourth-order valence-electron chi connectivity index (χ4n) is 2.93. The molecule has 3 N–H and O–H groups in total. The average molecular weight is 361 g/mol. The fraction of sp³-hybridized carbons (Fsp3) is 0.273. The molecule has 27 heavy (non-hydrogen) atoms. The minimum Gasteiger partial charge on any atom is -0.370 e. The number of para-hydroxylation sites is 1. The lowest BCUT2D eigenvalue weighted by Gasteiger charge is -2.06. The number of hydrogen-bond donors (Lipinski definition) is 2. The number of hydrogen-bond acceptors (Lipinski definition) is 2. The summed E-state index contributed by atoms with van der Waals surface area (Å²) in [6.45, 7) is 4.87. The highest BCUT2D eigenvalue weighted by Gasteiger charge is 2.06. The minimum absolute atomic E-state index is 0.455. The predicted octanol–water partition coefficient (Wildman–Crippen LogP) is 4.10. The topological polar surface area (TPSA) is 68.2 Å². The maximum Gasteiger partial charge on any atom is 0.193 e. The first kappa shape index (κ1) is 18.7. The summed E-state index contributed by atoms with van der Waals surface area (Å²) in [5.74, 6) is 0.455. The van der Waals surface area contributed by atoms with Crippen molar-refractivity contribution in [3.8, 4) is 5.69 Å². The van der Waals surface area contributed by atoms with Crippen molar-refractivity contribution in [2.75, 3.05) is 11.9 Å². The average Bonchev–Trinajstić information content (AvgIpc) is 3.07. The van der Waals surface area contributed by atoms with Gasteiger partial charge in [-0.2, -0.15) is 5.10 Å². The third-order valence-corrected chi connectivity index (χ3v) is 4.54. The molecule has 0 fully saturated rings. The number of guanidine groups is 1. The van der Waals surface area contributed by atoms with E-state index in [0.29, 0.717) is 12.5 Å². The van der Waals surface area contributed by atoms with Crippen LogP contribution in [0.1, 0.15) is 30.2 Å². The molecule has 0 unspecified atom stereocenters. The summed E-state index contributed by atoms with van der Waals surface area (Å²) in [6.07, 6.45) is 4.99. The van der Waals surface area contributed by atoms with Crippen LogP contribution in [-0.4, -0.2) is 22.3 Å². The largest absolute Gasteiger partial charge is 0.370 e. The quantitative estimate of drug-likeness (QED) is 0.378. The number of aromatic nitrogens is 2. The van der Waals surface area contributed by atoms with E-state index in [-0.39, 0.29) is 0 Å². The zero-order valence-corrected chi connectivity index (χ0v) is 16.0. The van der Waals surface area contributed by atoms with Gasteiger partial charge >= 0.3 is 0 Å². The van der Waals surface area contributed by atoms with Gasteiger partial charge in [0.1, 0.15) is 0 Å². The SMILES string of the molecule is CCc1ccc(NC(N)=NCCCc2cn(-c3ccccc3)nc2C)cc1. The smallest absolute Gasteiger partial charge is 0.193 e. The molecule has 1 heterocycles. The predicted molar refractivity (Wildman–Crippen MR) is 113 cm³/mol. The first-order valence-corrected chi connectivity index (χ1v) is 9.42. The Hall–Kier alpha value is -3.08. The van der Waals surface area contributed by atoms with E-state index in [1.54, 1.807) is 0 Å². The van der Waals surface area contributed by atoms with E-state index in [2.05, 4.69) is 52.8 Å². The van der Waals surface area contributed by atoms with Gasteiger partial charge in [-0.25, -0.2) is 4.68 Å². The van der Waals surface area contributed by atoms with Crippen LogP contribution in [0, 0.1) is 6.92 Å². The molecule has 0 saturated heterocycles. The summed E-state index contributed by atoms with van der Waals surface area (Å²) in [4.78, 5) is 4.43. The van der Waals surface area contributed by atoms with Crippen molar-refractivity contribution in [3.63, 3.8) is 0 Å². The van der Waals surface area contributed by atoms with Crippen molar-refractivity contribution >= 4 is 11.6 Å². The van der Waals surface area contributed by atoms with E-state index in [1.807, 2.05) is 41.9 Å². The van der Waals surface area contributed by atoms with Crippen molar-refractivity contribution in [2.45, 2.75) is 33.1 Å². The van der Waals surface area contributed by atoms with Crippen molar-refractivity contribution in [3.05, 3.63) is 77.6 Å². The molecule has 3 rings (SSSR count). The molecule has 140 valence electrons. The third kappa shape index (κ3) is 5.20. The first-order valence-electron chi connectivity index (χ1n) is 9.42. The number of nitrogens with two attached hydrogens (primary N) is 1. The highest BCUT2D eigenvalue weighted by atomic mass is 15.3. The number of aryl methyl sites for hydroxylation is 3. The van der Waals surface area contributed by atoms with Gasteiger partial charge in [0, 0.05) is 18.4 Å². The maximum atomic E-state index is 5.99. The summed E-state index contributed by atoms with van der Waals surface area (Å²) in [5.41, 5.74) is 11.6. The highest BCUT2D eigenvalue weighted by molar-refractivity contribution is 5.92. The molecule has 0 spiro atoms. The summed E-state index contributed by atoms with van der Waals surface area (Å²) < 4.78 is 1.93. The highest BCUT2D eigenvalue weighted by Crippen LogP contribution is 2.13. The Labute approximate surface area is 160 Å². The van der Waals surface area contributed by atoms with Crippen LogP contribution < -0.4 is 11.1 Å². The van der Waals surface area contributed by atoms with Crippen LogP contribution >= 0.6 is 0 Å². The molecule has 0 atom stereocenters. The van der Waals surface area contributed by atoms with Crippen LogP contribution in [-0.2, 0) is 12.8 Å². The number of rotatable bonds is 7. The molecule has 5 nitrogen and oxygen atoms in total. The number of nitrogens with zero attached hydrogens (tertiary/aromatic N) is 3. The lowest BCUT2D eigenvalue weighted by molar-refractivity contribution is 0.827. The number of nitrogens with one attached hydrogen (secondary N) is 1. The van der Waals surface area contributed by atoms with Crippen molar-refractivity contribution < 1.29 is 0 Å². The third-order valence-electron chi connectivity index (χ3n) is 4.54. The van der Waals surface area contributed by atoms with Crippen LogP contribution in [0.2, 0.25) is 0 Å². The van der Waals surface area contributed by atoms with Gasteiger partial charge in [-0.1, -0.05) is 37.3 Å². The van der Waals surface area contributed by atoms with E-state index in [9.17, 15) is 0 Å². The van der Waals surface area contributed by atoms with Crippen LogP contribution in [0.3, 0.4) is 0 Å². The van der Waals surface area contributed by atoms with E-state index < -0.39 is 0 Å². The Bertz CT molecular complexity index is 879.